The van der Waals surface area contributed by atoms with Crippen molar-refractivity contribution in [3.8, 4) is 0 Å². The summed E-state index contributed by atoms with van der Waals surface area (Å²) in [5.41, 5.74) is 0.629. The second kappa shape index (κ2) is 7.07. The van der Waals surface area contributed by atoms with Crippen molar-refractivity contribution in [1.82, 2.24) is 10.6 Å². The van der Waals surface area contributed by atoms with Crippen molar-refractivity contribution in [3.63, 3.8) is 0 Å². The molecule has 0 aliphatic rings. The summed E-state index contributed by atoms with van der Waals surface area (Å²) in [6, 6.07) is 9.00. The summed E-state index contributed by atoms with van der Waals surface area (Å²) < 4.78 is 27.3. The maximum absolute atomic E-state index is 11.6. The summed E-state index contributed by atoms with van der Waals surface area (Å²) in [6.07, 6.45) is 1.47. The topological polar surface area (TPSA) is 132 Å². The third-order valence-electron chi connectivity index (χ3n) is 2.91. The van der Waals surface area contributed by atoms with Crippen LogP contribution in [0.15, 0.2) is 52.0 Å². The van der Waals surface area contributed by atoms with Crippen molar-refractivity contribution in [3.05, 3.63) is 54.0 Å². The molecule has 0 unspecified atom stereocenters. The molecule has 0 atom stereocenters. The van der Waals surface area contributed by atoms with Crippen molar-refractivity contribution < 1.29 is 22.4 Å². The van der Waals surface area contributed by atoms with Crippen LogP contribution in [0.4, 0.5) is 0 Å². The van der Waals surface area contributed by atoms with Gasteiger partial charge < -0.3 is 15.1 Å². The fourth-order valence-electron chi connectivity index (χ4n) is 1.72. The molecule has 0 aliphatic carbocycles. The highest BCUT2D eigenvalue weighted by Gasteiger charge is 2.13. The normalized spacial score (nSPS) is 11.0. The Morgan fingerprint density at radius 3 is 2.13 bits per heavy atom. The molecule has 0 saturated carbocycles. The van der Waals surface area contributed by atoms with Crippen molar-refractivity contribution >= 4 is 21.8 Å². The third-order valence-corrected chi connectivity index (χ3v) is 3.84. The molecule has 0 aliphatic heterocycles. The number of sulfonamides is 1. The minimum absolute atomic E-state index is 0.0243. The van der Waals surface area contributed by atoms with Gasteiger partial charge in [-0.1, -0.05) is 12.1 Å². The lowest BCUT2D eigenvalue weighted by Gasteiger charge is -2.06. The molecule has 4 N–H and O–H groups in total. The van der Waals surface area contributed by atoms with E-state index in [1.165, 1.54) is 30.5 Å². The van der Waals surface area contributed by atoms with Crippen molar-refractivity contribution in [2.45, 2.75) is 18.0 Å². The highest BCUT2D eigenvalue weighted by Crippen LogP contribution is 2.08. The molecule has 0 bridgehead atoms. The lowest BCUT2D eigenvalue weighted by atomic mass is 10.2. The van der Waals surface area contributed by atoms with Crippen LogP contribution in [0.1, 0.15) is 11.3 Å². The van der Waals surface area contributed by atoms with Crippen molar-refractivity contribution in [2.75, 3.05) is 0 Å². The summed E-state index contributed by atoms with van der Waals surface area (Å²) in [7, 11) is -3.75. The molecule has 0 fully saturated rings. The quantitative estimate of drug-likeness (QED) is 0.653. The van der Waals surface area contributed by atoms with Crippen LogP contribution < -0.4 is 15.8 Å². The number of benzene rings is 1. The lowest BCUT2D eigenvalue weighted by Crippen LogP contribution is -2.39. The van der Waals surface area contributed by atoms with Gasteiger partial charge in [-0.15, -0.1) is 0 Å². The number of hydrogen-bond donors (Lipinski definition) is 3. The minimum Gasteiger partial charge on any atom is -0.467 e. The van der Waals surface area contributed by atoms with Crippen LogP contribution in [0.25, 0.3) is 0 Å². The van der Waals surface area contributed by atoms with E-state index in [1.54, 1.807) is 12.1 Å². The van der Waals surface area contributed by atoms with E-state index < -0.39 is 21.8 Å². The van der Waals surface area contributed by atoms with Crippen LogP contribution in [-0.2, 0) is 32.7 Å². The second-order valence-electron chi connectivity index (χ2n) is 4.63. The van der Waals surface area contributed by atoms with E-state index in [0.717, 1.165) is 0 Å². The number of carbonyl (C=O) groups excluding carboxylic acids is 2. The first kappa shape index (κ1) is 16.7. The predicted octanol–water partition coefficient (Wildman–Crippen LogP) is -0.140. The third kappa shape index (κ3) is 4.94. The molecule has 23 heavy (non-hydrogen) atoms. The zero-order chi connectivity index (χ0) is 16.9. The number of nitrogens with two attached hydrogens (primary N) is 1. The Bertz CT molecular complexity index is 782. The van der Waals surface area contributed by atoms with E-state index in [4.69, 9.17) is 9.56 Å². The van der Waals surface area contributed by atoms with E-state index in [-0.39, 0.29) is 18.0 Å². The van der Waals surface area contributed by atoms with Crippen LogP contribution in [0.2, 0.25) is 0 Å². The summed E-state index contributed by atoms with van der Waals surface area (Å²) in [5, 5.41) is 9.82. The van der Waals surface area contributed by atoms with Gasteiger partial charge in [0.15, 0.2) is 0 Å². The monoisotopic (exact) mass is 337 g/mol. The largest absolute Gasteiger partial charge is 0.467 e. The zero-order valence-electron chi connectivity index (χ0n) is 12.0. The number of furan rings is 1. The van der Waals surface area contributed by atoms with Gasteiger partial charge in [-0.2, -0.15) is 0 Å². The molecule has 1 heterocycles. The summed E-state index contributed by atoms with van der Waals surface area (Å²) in [6.45, 7) is 0.195. The highest BCUT2D eigenvalue weighted by molar-refractivity contribution is 7.89. The maximum Gasteiger partial charge on any atom is 0.309 e. The molecule has 9 heteroatoms. The molecule has 0 spiro atoms. The van der Waals surface area contributed by atoms with Crippen molar-refractivity contribution in [1.29, 1.82) is 0 Å². The number of carbonyl (C=O) groups is 2. The lowest BCUT2D eigenvalue weighted by molar-refractivity contribution is -0.139. The number of rotatable bonds is 5. The van der Waals surface area contributed by atoms with Gasteiger partial charge in [0.2, 0.25) is 10.0 Å². The SMILES string of the molecule is NS(=O)(=O)c1ccc(CNC(=O)C(=O)NCc2ccco2)cc1. The molecular formula is C14H15N3O5S. The highest BCUT2D eigenvalue weighted by atomic mass is 32.2. The standard InChI is InChI=1S/C14H15N3O5S/c15-23(20,21)12-5-3-10(4-6-12)8-16-13(18)14(19)17-9-11-2-1-7-22-11/h1-7H,8-9H2,(H,16,18)(H,17,19)(H2,15,20,21). The summed E-state index contributed by atoms with van der Waals surface area (Å²) >= 11 is 0. The first-order valence-electron chi connectivity index (χ1n) is 6.56. The first-order valence-corrected chi connectivity index (χ1v) is 8.11. The number of hydrogen-bond acceptors (Lipinski definition) is 5. The Kier molecular flexibility index (Phi) is 5.14. The van der Waals surface area contributed by atoms with Crippen LogP contribution in [0, 0.1) is 0 Å². The number of amides is 2. The Morgan fingerprint density at radius 2 is 1.61 bits per heavy atom. The van der Waals surface area contributed by atoms with Crippen LogP contribution >= 0.6 is 0 Å². The molecule has 1 aromatic carbocycles. The average Bonchev–Trinajstić information content (AvgIpc) is 3.03. The van der Waals surface area contributed by atoms with E-state index in [9.17, 15) is 18.0 Å². The van der Waals surface area contributed by atoms with E-state index >= 15 is 0 Å². The molecule has 2 amide bonds. The summed E-state index contributed by atoms with van der Waals surface area (Å²) in [5.74, 6) is -1.06. The first-order chi connectivity index (χ1) is 10.9. The second-order valence-corrected chi connectivity index (χ2v) is 6.20. The van der Waals surface area contributed by atoms with Crippen LogP contribution in [-0.4, -0.2) is 20.2 Å². The smallest absolute Gasteiger partial charge is 0.309 e. The molecule has 2 rings (SSSR count). The van der Waals surface area contributed by atoms with Crippen LogP contribution in [0.3, 0.4) is 0 Å². The van der Waals surface area contributed by atoms with E-state index in [0.29, 0.717) is 11.3 Å². The zero-order valence-corrected chi connectivity index (χ0v) is 12.8. The van der Waals surface area contributed by atoms with Gasteiger partial charge in [-0.25, -0.2) is 13.6 Å². The average molecular weight is 337 g/mol. The molecular weight excluding hydrogens is 322 g/mol. The van der Waals surface area contributed by atoms with Gasteiger partial charge >= 0.3 is 11.8 Å². The molecule has 0 radical (unpaired) electrons. The molecule has 122 valence electrons. The Hall–Kier alpha value is -2.65. The van der Waals surface area contributed by atoms with Gasteiger partial charge in [-0.3, -0.25) is 9.59 Å². The molecule has 8 nitrogen and oxygen atoms in total. The van der Waals surface area contributed by atoms with Gasteiger partial charge in [0.25, 0.3) is 0 Å². The van der Waals surface area contributed by atoms with E-state index in [1.807, 2.05) is 0 Å². The van der Waals surface area contributed by atoms with Gasteiger partial charge in [0.05, 0.1) is 17.7 Å². The molecule has 1 aromatic heterocycles. The van der Waals surface area contributed by atoms with E-state index in [2.05, 4.69) is 10.6 Å². The fraction of sp³-hybridized carbons (Fsp3) is 0.143. The number of primary sulfonamides is 1. The van der Waals surface area contributed by atoms with Crippen LogP contribution in [0.5, 0.6) is 0 Å². The predicted molar refractivity (Wildman–Crippen MR) is 80.2 cm³/mol. The van der Waals surface area contributed by atoms with Gasteiger partial charge in [0.1, 0.15) is 5.76 Å². The van der Waals surface area contributed by atoms with Gasteiger partial charge in [0, 0.05) is 6.54 Å². The number of nitrogens with one attached hydrogen (secondary N) is 2. The molecule has 2 aromatic rings. The summed E-state index contributed by atoms with van der Waals surface area (Å²) in [4.78, 5) is 23.2. The molecule has 0 saturated heterocycles. The fourth-order valence-corrected chi connectivity index (χ4v) is 2.24. The Balaban J connectivity index is 1.82. The Morgan fingerprint density at radius 1 is 1.00 bits per heavy atom. The minimum atomic E-state index is -3.75. The van der Waals surface area contributed by atoms with Gasteiger partial charge in [-0.05, 0) is 29.8 Å². The Labute approximate surface area is 132 Å². The van der Waals surface area contributed by atoms with Crippen molar-refractivity contribution in [2.24, 2.45) is 5.14 Å². The maximum atomic E-state index is 11.6.